The van der Waals surface area contributed by atoms with Crippen molar-refractivity contribution < 1.29 is 9.47 Å². The summed E-state index contributed by atoms with van der Waals surface area (Å²) in [7, 11) is 1.65. The molecule has 102 valence electrons. The number of para-hydroxylation sites is 1. The minimum Gasteiger partial charge on any atom is -0.493 e. The van der Waals surface area contributed by atoms with Crippen LogP contribution in [-0.2, 0) is 0 Å². The molecule has 1 aromatic rings. The van der Waals surface area contributed by atoms with Crippen LogP contribution in [0.1, 0.15) is 20.8 Å². The molecule has 0 spiro atoms. The molecule has 1 atom stereocenters. The number of ether oxygens (including phenoxy) is 2. The van der Waals surface area contributed by atoms with Gasteiger partial charge in [0.05, 0.1) is 18.2 Å². The quantitative estimate of drug-likeness (QED) is 0.677. The summed E-state index contributed by atoms with van der Waals surface area (Å²) in [6.07, 6.45) is 0. The van der Waals surface area contributed by atoms with Gasteiger partial charge in [0, 0.05) is 11.2 Å². The van der Waals surface area contributed by atoms with Gasteiger partial charge in [0.1, 0.15) is 0 Å². The molecule has 2 nitrogen and oxygen atoms in total. The summed E-state index contributed by atoms with van der Waals surface area (Å²) in [6.45, 7) is 7.33. The highest BCUT2D eigenvalue weighted by Crippen LogP contribution is 2.36. The zero-order valence-electron chi connectivity index (χ0n) is 11.3. The minimum atomic E-state index is 0.206. The van der Waals surface area contributed by atoms with Crippen LogP contribution in [0.3, 0.4) is 0 Å². The molecule has 0 amide bonds. The van der Waals surface area contributed by atoms with Crippen molar-refractivity contribution in [1.29, 1.82) is 0 Å². The Morgan fingerprint density at radius 3 is 2.44 bits per heavy atom. The van der Waals surface area contributed by atoms with Crippen molar-refractivity contribution in [2.45, 2.75) is 20.8 Å². The van der Waals surface area contributed by atoms with Gasteiger partial charge >= 0.3 is 0 Å². The van der Waals surface area contributed by atoms with Crippen LogP contribution in [-0.4, -0.2) is 19.0 Å². The molecule has 1 rings (SSSR count). The van der Waals surface area contributed by atoms with E-state index in [1.165, 1.54) is 0 Å². The summed E-state index contributed by atoms with van der Waals surface area (Å²) in [5.41, 5.74) is 0.206. The first-order valence-corrected chi connectivity index (χ1v) is 7.83. The van der Waals surface area contributed by atoms with Gasteiger partial charge in [-0.15, -0.1) is 0 Å². The lowest BCUT2D eigenvalue weighted by atomic mass is 9.83. The van der Waals surface area contributed by atoms with E-state index in [1.807, 2.05) is 18.2 Å². The summed E-state index contributed by atoms with van der Waals surface area (Å²) in [5, 5.41) is 0.920. The van der Waals surface area contributed by atoms with Crippen molar-refractivity contribution in [3.05, 3.63) is 22.7 Å². The SMILES string of the molecule is COc1cccc(Br)c1OCC(CBr)C(C)(C)C. The lowest BCUT2D eigenvalue weighted by Gasteiger charge is -2.29. The lowest BCUT2D eigenvalue weighted by molar-refractivity contribution is 0.161. The van der Waals surface area contributed by atoms with E-state index in [4.69, 9.17) is 9.47 Å². The molecule has 0 N–H and O–H groups in total. The standard InChI is InChI=1S/C14H20Br2O2/c1-14(2,3)10(8-15)9-18-13-11(16)6-5-7-12(13)17-4/h5-7,10H,8-9H2,1-4H3. The maximum absolute atomic E-state index is 5.94. The number of halogens is 2. The fourth-order valence-electron chi connectivity index (χ4n) is 1.50. The first-order chi connectivity index (χ1) is 8.40. The second-order valence-electron chi connectivity index (χ2n) is 5.30. The molecular weight excluding hydrogens is 360 g/mol. The zero-order valence-corrected chi connectivity index (χ0v) is 14.5. The maximum Gasteiger partial charge on any atom is 0.175 e. The van der Waals surface area contributed by atoms with Gasteiger partial charge in [0.25, 0.3) is 0 Å². The van der Waals surface area contributed by atoms with Crippen molar-refractivity contribution in [2.24, 2.45) is 11.3 Å². The zero-order chi connectivity index (χ0) is 13.8. The Kier molecular flexibility index (Phi) is 5.99. The molecule has 0 fully saturated rings. The molecular formula is C14H20Br2O2. The van der Waals surface area contributed by atoms with E-state index >= 15 is 0 Å². The summed E-state index contributed by atoms with van der Waals surface area (Å²) in [6, 6.07) is 5.79. The Labute approximate surface area is 126 Å². The molecule has 18 heavy (non-hydrogen) atoms. The normalized spacial score (nSPS) is 13.2. The van der Waals surface area contributed by atoms with Crippen molar-refractivity contribution in [1.82, 2.24) is 0 Å². The van der Waals surface area contributed by atoms with Crippen LogP contribution in [0.15, 0.2) is 22.7 Å². The molecule has 4 heteroatoms. The van der Waals surface area contributed by atoms with E-state index < -0.39 is 0 Å². The number of hydrogen-bond donors (Lipinski definition) is 0. The second kappa shape index (κ2) is 6.80. The summed E-state index contributed by atoms with van der Waals surface area (Å²) >= 11 is 7.05. The van der Waals surface area contributed by atoms with Crippen molar-refractivity contribution >= 4 is 31.9 Å². The largest absolute Gasteiger partial charge is 0.493 e. The van der Waals surface area contributed by atoms with Crippen LogP contribution < -0.4 is 9.47 Å². The van der Waals surface area contributed by atoms with Gasteiger partial charge < -0.3 is 9.47 Å². The van der Waals surface area contributed by atoms with E-state index in [0.717, 1.165) is 21.3 Å². The number of rotatable bonds is 5. The number of benzene rings is 1. The first kappa shape index (κ1) is 15.8. The van der Waals surface area contributed by atoms with Crippen LogP contribution in [0.2, 0.25) is 0 Å². The molecule has 0 aliphatic heterocycles. The maximum atomic E-state index is 5.94. The molecule has 0 saturated carbocycles. The molecule has 0 bridgehead atoms. The van der Waals surface area contributed by atoms with Crippen molar-refractivity contribution in [2.75, 3.05) is 19.0 Å². The average Bonchev–Trinajstić information content (AvgIpc) is 2.29. The molecule has 1 unspecified atom stereocenters. The molecule has 0 aliphatic carbocycles. The molecule has 0 saturated heterocycles. The average molecular weight is 380 g/mol. The lowest BCUT2D eigenvalue weighted by Crippen LogP contribution is -2.28. The number of alkyl halides is 1. The third kappa shape index (κ3) is 4.16. The molecule has 0 radical (unpaired) electrons. The monoisotopic (exact) mass is 378 g/mol. The van der Waals surface area contributed by atoms with E-state index in [-0.39, 0.29) is 5.41 Å². The Bertz CT molecular complexity index is 386. The Hall–Kier alpha value is -0.220. The van der Waals surface area contributed by atoms with E-state index in [0.29, 0.717) is 12.5 Å². The topological polar surface area (TPSA) is 18.5 Å². The van der Waals surface area contributed by atoms with Gasteiger partial charge in [-0.05, 0) is 33.5 Å². The van der Waals surface area contributed by atoms with Crippen LogP contribution in [0.25, 0.3) is 0 Å². The van der Waals surface area contributed by atoms with Gasteiger partial charge in [-0.25, -0.2) is 0 Å². The van der Waals surface area contributed by atoms with Crippen LogP contribution in [0.4, 0.5) is 0 Å². The van der Waals surface area contributed by atoms with E-state index in [9.17, 15) is 0 Å². The predicted molar refractivity (Wildman–Crippen MR) is 82.9 cm³/mol. The Morgan fingerprint density at radius 1 is 1.28 bits per heavy atom. The Morgan fingerprint density at radius 2 is 1.94 bits per heavy atom. The number of hydrogen-bond acceptors (Lipinski definition) is 2. The third-order valence-corrected chi connectivity index (χ3v) is 4.40. The fraction of sp³-hybridized carbons (Fsp3) is 0.571. The smallest absolute Gasteiger partial charge is 0.175 e. The predicted octanol–water partition coefficient (Wildman–Crippen LogP) is 4.89. The minimum absolute atomic E-state index is 0.206. The first-order valence-electron chi connectivity index (χ1n) is 5.91. The van der Waals surface area contributed by atoms with E-state index in [1.54, 1.807) is 7.11 Å². The second-order valence-corrected chi connectivity index (χ2v) is 6.80. The van der Waals surface area contributed by atoms with Crippen LogP contribution in [0.5, 0.6) is 11.5 Å². The Balaban J connectivity index is 2.80. The van der Waals surface area contributed by atoms with Gasteiger partial charge in [0.15, 0.2) is 11.5 Å². The van der Waals surface area contributed by atoms with Crippen LogP contribution >= 0.6 is 31.9 Å². The third-order valence-electron chi connectivity index (χ3n) is 2.99. The molecule has 1 aromatic carbocycles. The number of methoxy groups -OCH3 is 1. The highest BCUT2D eigenvalue weighted by Gasteiger charge is 2.25. The highest BCUT2D eigenvalue weighted by atomic mass is 79.9. The molecule has 0 aromatic heterocycles. The molecule has 0 heterocycles. The van der Waals surface area contributed by atoms with Crippen LogP contribution in [0, 0.1) is 11.3 Å². The van der Waals surface area contributed by atoms with E-state index in [2.05, 4.69) is 52.6 Å². The van der Waals surface area contributed by atoms with Crippen molar-refractivity contribution in [3.63, 3.8) is 0 Å². The van der Waals surface area contributed by atoms with Gasteiger partial charge in [-0.2, -0.15) is 0 Å². The highest BCUT2D eigenvalue weighted by molar-refractivity contribution is 9.10. The van der Waals surface area contributed by atoms with Gasteiger partial charge in [-0.3, -0.25) is 0 Å². The fourth-order valence-corrected chi connectivity index (χ4v) is 3.12. The van der Waals surface area contributed by atoms with Gasteiger partial charge in [0.2, 0.25) is 0 Å². The molecule has 0 aliphatic rings. The summed E-state index contributed by atoms with van der Waals surface area (Å²) in [4.78, 5) is 0. The summed E-state index contributed by atoms with van der Waals surface area (Å²) in [5.74, 6) is 1.97. The summed E-state index contributed by atoms with van der Waals surface area (Å²) < 4.78 is 12.2. The van der Waals surface area contributed by atoms with Gasteiger partial charge in [-0.1, -0.05) is 42.8 Å². The van der Waals surface area contributed by atoms with Crippen molar-refractivity contribution in [3.8, 4) is 11.5 Å².